The maximum atomic E-state index is 12.4. The fourth-order valence-electron chi connectivity index (χ4n) is 3.57. The van der Waals surface area contributed by atoms with Crippen molar-refractivity contribution in [3.8, 4) is 11.1 Å². The second-order valence-electron chi connectivity index (χ2n) is 8.48. The van der Waals surface area contributed by atoms with Gasteiger partial charge in [0.15, 0.2) is 0 Å². The van der Waals surface area contributed by atoms with Crippen LogP contribution in [0.4, 0.5) is 5.82 Å². The number of anilines is 1. The van der Waals surface area contributed by atoms with Gasteiger partial charge in [0.2, 0.25) is 5.91 Å². The van der Waals surface area contributed by atoms with Crippen LogP contribution in [0.2, 0.25) is 0 Å². The third-order valence-electron chi connectivity index (χ3n) is 5.31. The molecule has 0 radical (unpaired) electrons. The zero-order valence-corrected chi connectivity index (χ0v) is 19.3. The van der Waals surface area contributed by atoms with E-state index in [1.165, 1.54) is 27.8 Å². The third kappa shape index (κ3) is 5.26. The Labute approximate surface area is 175 Å². The van der Waals surface area contributed by atoms with E-state index < -0.39 is 0 Å². The fraction of sp³-hybridized carbons (Fsp3) is 0.440. The van der Waals surface area contributed by atoms with Crippen LogP contribution in [-0.4, -0.2) is 23.0 Å². The SMILES string of the molecule is CC(=Cc1c(C)c(C)c(-c2ccc(NC(C)C)nc2)c(C)c1C)C(=O)NC(C)C. The summed E-state index contributed by atoms with van der Waals surface area (Å²) in [7, 11) is 0. The lowest BCUT2D eigenvalue weighted by atomic mass is 9.85. The molecule has 2 aromatic rings. The van der Waals surface area contributed by atoms with E-state index in [9.17, 15) is 4.79 Å². The van der Waals surface area contributed by atoms with Gasteiger partial charge in [0.1, 0.15) is 5.82 Å². The number of aromatic nitrogens is 1. The lowest BCUT2D eigenvalue weighted by Gasteiger charge is -2.20. The van der Waals surface area contributed by atoms with E-state index >= 15 is 0 Å². The Bertz CT molecular complexity index is 893. The Morgan fingerprint density at radius 3 is 1.97 bits per heavy atom. The van der Waals surface area contributed by atoms with Crippen molar-refractivity contribution in [1.29, 1.82) is 0 Å². The molecular formula is C25H35N3O. The maximum Gasteiger partial charge on any atom is 0.247 e. The second-order valence-corrected chi connectivity index (χ2v) is 8.48. The Kier molecular flexibility index (Phi) is 7.23. The molecule has 0 atom stereocenters. The summed E-state index contributed by atoms with van der Waals surface area (Å²) in [6, 6.07) is 4.64. The van der Waals surface area contributed by atoms with Gasteiger partial charge in [0.05, 0.1) is 0 Å². The van der Waals surface area contributed by atoms with E-state index in [0.29, 0.717) is 6.04 Å². The quantitative estimate of drug-likeness (QED) is 0.616. The first-order valence-electron chi connectivity index (χ1n) is 10.3. The standard InChI is InChI=1S/C25H35N3O/c1-14(2)27-23-11-10-21(13-26-23)24-19(8)17(6)22(18(7)20(24)9)12-16(5)25(29)28-15(3)4/h10-15H,1-9H3,(H,26,27)(H,28,29). The van der Waals surface area contributed by atoms with Gasteiger partial charge in [-0.1, -0.05) is 0 Å². The predicted octanol–water partition coefficient (Wildman–Crippen LogP) is 5.73. The third-order valence-corrected chi connectivity index (χ3v) is 5.31. The first-order chi connectivity index (χ1) is 13.5. The molecule has 4 heteroatoms. The summed E-state index contributed by atoms with van der Waals surface area (Å²) < 4.78 is 0. The summed E-state index contributed by atoms with van der Waals surface area (Å²) >= 11 is 0. The number of pyridine rings is 1. The second kappa shape index (κ2) is 9.25. The summed E-state index contributed by atoms with van der Waals surface area (Å²) in [4.78, 5) is 16.9. The number of nitrogens with one attached hydrogen (secondary N) is 2. The topological polar surface area (TPSA) is 54.0 Å². The number of nitrogens with zero attached hydrogens (tertiary/aromatic N) is 1. The van der Waals surface area contributed by atoms with Gasteiger partial charge in [-0.2, -0.15) is 0 Å². The van der Waals surface area contributed by atoms with Crippen LogP contribution in [-0.2, 0) is 4.79 Å². The molecule has 156 valence electrons. The molecule has 0 aliphatic heterocycles. The molecule has 29 heavy (non-hydrogen) atoms. The highest BCUT2D eigenvalue weighted by molar-refractivity contribution is 5.98. The average molecular weight is 394 g/mol. The molecule has 0 fully saturated rings. The van der Waals surface area contributed by atoms with E-state index in [0.717, 1.165) is 22.5 Å². The summed E-state index contributed by atoms with van der Waals surface area (Å²) in [6.07, 6.45) is 3.95. The van der Waals surface area contributed by atoms with Gasteiger partial charge in [-0.15, -0.1) is 0 Å². The van der Waals surface area contributed by atoms with Gasteiger partial charge in [0.25, 0.3) is 0 Å². The highest BCUT2D eigenvalue weighted by Gasteiger charge is 2.16. The largest absolute Gasteiger partial charge is 0.368 e. The van der Waals surface area contributed by atoms with Crippen molar-refractivity contribution in [3.05, 3.63) is 51.7 Å². The number of rotatable bonds is 6. The van der Waals surface area contributed by atoms with Crippen molar-refractivity contribution >= 4 is 17.8 Å². The molecule has 0 saturated heterocycles. The molecule has 1 aromatic heterocycles. The molecule has 4 nitrogen and oxygen atoms in total. The van der Waals surface area contributed by atoms with Gasteiger partial charge in [-0.25, -0.2) is 4.98 Å². The lowest BCUT2D eigenvalue weighted by molar-refractivity contribution is -0.117. The zero-order valence-electron chi connectivity index (χ0n) is 19.3. The fourth-order valence-corrected chi connectivity index (χ4v) is 3.57. The van der Waals surface area contributed by atoms with Crippen molar-refractivity contribution in [2.24, 2.45) is 0 Å². The summed E-state index contributed by atoms with van der Waals surface area (Å²) in [5.74, 6) is 0.870. The monoisotopic (exact) mass is 393 g/mol. The smallest absolute Gasteiger partial charge is 0.247 e. The minimum atomic E-state index is -0.0179. The van der Waals surface area contributed by atoms with E-state index in [1.54, 1.807) is 0 Å². The highest BCUT2D eigenvalue weighted by atomic mass is 16.1. The van der Waals surface area contributed by atoms with Gasteiger partial charge in [-0.05, 0) is 114 Å². The van der Waals surface area contributed by atoms with Crippen molar-refractivity contribution < 1.29 is 4.79 Å². The van der Waals surface area contributed by atoms with Crippen LogP contribution in [0.1, 0.15) is 62.4 Å². The molecule has 1 amide bonds. The van der Waals surface area contributed by atoms with Gasteiger partial charge >= 0.3 is 0 Å². The Hall–Kier alpha value is -2.62. The van der Waals surface area contributed by atoms with Crippen molar-refractivity contribution in [2.45, 2.75) is 74.4 Å². The molecule has 2 N–H and O–H groups in total. The summed E-state index contributed by atoms with van der Waals surface area (Å²) in [5, 5.41) is 6.30. The van der Waals surface area contributed by atoms with E-state index in [4.69, 9.17) is 0 Å². The van der Waals surface area contributed by atoms with Gasteiger partial charge < -0.3 is 10.6 Å². The van der Waals surface area contributed by atoms with Crippen molar-refractivity contribution in [1.82, 2.24) is 10.3 Å². The molecule has 0 aliphatic carbocycles. The minimum Gasteiger partial charge on any atom is -0.368 e. The molecule has 0 bridgehead atoms. The van der Waals surface area contributed by atoms with Crippen LogP contribution in [0.15, 0.2) is 23.9 Å². The van der Waals surface area contributed by atoms with E-state index in [-0.39, 0.29) is 11.9 Å². The van der Waals surface area contributed by atoms with Crippen LogP contribution in [0.25, 0.3) is 17.2 Å². The number of hydrogen-bond donors (Lipinski definition) is 2. The molecule has 0 spiro atoms. The van der Waals surface area contributed by atoms with Gasteiger partial charge in [-0.3, -0.25) is 4.79 Å². The molecule has 1 aromatic carbocycles. The number of benzene rings is 1. The molecular weight excluding hydrogens is 358 g/mol. The Morgan fingerprint density at radius 2 is 1.52 bits per heavy atom. The highest BCUT2D eigenvalue weighted by Crippen LogP contribution is 2.35. The van der Waals surface area contributed by atoms with E-state index in [2.05, 4.69) is 63.2 Å². The predicted molar refractivity (Wildman–Crippen MR) is 124 cm³/mol. The Morgan fingerprint density at radius 1 is 0.931 bits per heavy atom. The molecule has 1 heterocycles. The molecule has 0 unspecified atom stereocenters. The van der Waals surface area contributed by atoms with Crippen LogP contribution in [0, 0.1) is 27.7 Å². The summed E-state index contributed by atoms with van der Waals surface area (Å²) in [5.41, 5.74) is 9.04. The first kappa shape index (κ1) is 22.7. The van der Waals surface area contributed by atoms with Gasteiger partial charge in [0, 0.05) is 29.4 Å². The number of carbonyl (C=O) groups excluding carboxylic acids is 1. The van der Waals surface area contributed by atoms with Crippen LogP contribution < -0.4 is 10.6 Å². The minimum absolute atomic E-state index is 0.0179. The van der Waals surface area contributed by atoms with E-state index in [1.807, 2.05) is 39.1 Å². The normalized spacial score (nSPS) is 11.9. The zero-order chi connectivity index (χ0) is 21.9. The Balaban J connectivity index is 2.50. The maximum absolute atomic E-state index is 12.4. The van der Waals surface area contributed by atoms with Crippen molar-refractivity contribution in [2.75, 3.05) is 5.32 Å². The number of carbonyl (C=O) groups is 1. The lowest BCUT2D eigenvalue weighted by Crippen LogP contribution is -2.30. The molecule has 0 saturated carbocycles. The van der Waals surface area contributed by atoms with Crippen molar-refractivity contribution in [3.63, 3.8) is 0 Å². The van der Waals surface area contributed by atoms with Crippen LogP contribution in [0.3, 0.4) is 0 Å². The molecule has 0 aliphatic rings. The summed E-state index contributed by atoms with van der Waals surface area (Å²) in [6.45, 7) is 18.6. The number of amides is 1. The molecule has 2 rings (SSSR count). The first-order valence-corrected chi connectivity index (χ1v) is 10.3. The average Bonchev–Trinajstić information content (AvgIpc) is 2.64. The van der Waals surface area contributed by atoms with Crippen LogP contribution >= 0.6 is 0 Å². The van der Waals surface area contributed by atoms with Crippen LogP contribution in [0.5, 0.6) is 0 Å². The number of hydrogen-bond acceptors (Lipinski definition) is 3.